The van der Waals surface area contributed by atoms with Gasteiger partial charge in [0.2, 0.25) is 0 Å². The highest BCUT2D eigenvalue weighted by atomic mass is 35.5. The van der Waals surface area contributed by atoms with Gasteiger partial charge >= 0.3 is 5.97 Å². The van der Waals surface area contributed by atoms with Gasteiger partial charge in [-0.15, -0.1) is 0 Å². The molecular weight excluding hydrogens is 527 g/mol. The first kappa shape index (κ1) is 28.0. The second-order valence-electron chi connectivity index (χ2n) is 8.15. The van der Waals surface area contributed by atoms with Crippen molar-refractivity contribution < 1.29 is 33.1 Å². The van der Waals surface area contributed by atoms with E-state index in [1.165, 1.54) is 60.7 Å². The lowest BCUT2D eigenvalue weighted by molar-refractivity contribution is -0.136. The van der Waals surface area contributed by atoms with Crippen molar-refractivity contribution in [3.8, 4) is 0 Å². The molecule has 10 heteroatoms. The average molecular weight is 548 g/mol. The fraction of sp³-hybridized carbons (Fsp3) is 0.185. The Morgan fingerprint density at radius 3 is 2.05 bits per heavy atom. The fourth-order valence-corrected chi connectivity index (χ4v) is 4.19. The van der Waals surface area contributed by atoms with Gasteiger partial charge in [-0.25, -0.2) is 8.78 Å². The lowest BCUT2D eigenvalue weighted by Gasteiger charge is -2.17. The number of carboxylic acids is 1. The van der Waals surface area contributed by atoms with Gasteiger partial charge in [0.25, 0.3) is 12.3 Å². The minimum absolute atomic E-state index is 0.0363. The van der Waals surface area contributed by atoms with E-state index in [0.29, 0.717) is 5.56 Å². The Kier molecular flexibility index (Phi) is 9.49. The van der Waals surface area contributed by atoms with Crippen LogP contribution in [0.2, 0.25) is 10.0 Å². The number of Topliss-reactive ketones (excluding diaryl/α,β-unsaturated/α-hetero) is 2. The van der Waals surface area contributed by atoms with Crippen LogP contribution in [0.1, 0.15) is 67.4 Å². The van der Waals surface area contributed by atoms with Crippen LogP contribution in [0.15, 0.2) is 66.7 Å². The summed E-state index contributed by atoms with van der Waals surface area (Å²) >= 11 is 12.1. The summed E-state index contributed by atoms with van der Waals surface area (Å²) in [7, 11) is 0. The molecule has 0 saturated heterocycles. The van der Waals surface area contributed by atoms with Crippen molar-refractivity contribution in [2.24, 2.45) is 0 Å². The third kappa shape index (κ3) is 7.68. The number of halogens is 4. The molecule has 0 heterocycles. The number of carboxylic acid groups (broad SMARTS) is 1. The zero-order valence-corrected chi connectivity index (χ0v) is 20.7. The summed E-state index contributed by atoms with van der Waals surface area (Å²) in [6, 6.07) is 15.2. The second kappa shape index (κ2) is 12.6. The number of rotatable bonds is 11. The maximum absolute atomic E-state index is 13.5. The summed E-state index contributed by atoms with van der Waals surface area (Å²) in [6.07, 6.45) is -3.33. The molecule has 0 saturated carbocycles. The first-order valence-corrected chi connectivity index (χ1v) is 11.8. The van der Waals surface area contributed by atoms with Gasteiger partial charge in [-0.05, 0) is 42.0 Å². The molecule has 0 aliphatic heterocycles. The molecule has 3 aromatic rings. The first-order chi connectivity index (χ1) is 17.5. The van der Waals surface area contributed by atoms with Crippen molar-refractivity contribution in [3.63, 3.8) is 0 Å². The van der Waals surface area contributed by atoms with Crippen LogP contribution in [-0.2, 0) is 4.79 Å². The standard InChI is InChI=1S/C27H21Cl2F2NO5/c28-20-11-19(12-21(29)13-20)25(36)22(14-23(33)17-2-1-3-18(10-17)26(30)31)15-4-6-16(7-5-15)27(37)32-9-8-24(34)35/h1-7,10-13,22,26H,8-9,14H2,(H,32,37)(H,34,35). The third-order valence-electron chi connectivity index (χ3n) is 5.51. The molecule has 0 aliphatic rings. The van der Waals surface area contributed by atoms with Crippen LogP contribution in [0, 0.1) is 0 Å². The molecule has 1 amide bonds. The quantitative estimate of drug-likeness (QED) is 0.271. The van der Waals surface area contributed by atoms with E-state index in [1.54, 1.807) is 0 Å². The minimum atomic E-state index is -2.76. The van der Waals surface area contributed by atoms with Crippen LogP contribution in [-0.4, -0.2) is 35.1 Å². The summed E-state index contributed by atoms with van der Waals surface area (Å²) in [5.41, 5.74) is 0.513. The number of benzene rings is 3. The van der Waals surface area contributed by atoms with Crippen molar-refractivity contribution in [1.82, 2.24) is 5.32 Å². The van der Waals surface area contributed by atoms with E-state index in [-0.39, 0.29) is 51.7 Å². The van der Waals surface area contributed by atoms with Gasteiger partial charge in [0.1, 0.15) is 0 Å². The van der Waals surface area contributed by atoms with Crippen molar-refractivity contribution in [2.45, 2.75) is 25.2 Å². The predicted molar refractivity (Wildman–Crippen MR) is 135 cm³/mol. The summed E-state index contributed by atoms with van der Waals surface area (Å²) in [6.45, 7) is -0.0568. The molecule has 1 unspecified atom stereocenters. The zero-order valence-electron chi connectivity index (χ0n) is 19.2. The summed E-state index contributed by atoms with van der Waals surface area (Å²) in [5.74, 6) is -3.58. The van der Waals surface area contributed by atoms with Crippen LogP contribution < -0.4 is 5.32 Å². The largest absolute Gasteiger partial charge is 0.481 e. The molecule has 3 rings (SSSR count). The number of carbonyl (C=O) groups is 4. The molecule has 6 nitrogen and oxygen atoms in total. The Hall–Kier alpha value is -3.62. The number of aliphatic carboxylic acids is 1. The number of carbonyl (C=O) groups excluding carboxylic acids is 3. The monoisotopic (exact) mass is 547 g/mol. The van der Waals surface area contributed by atoms with Crippen molar-refractivity contribution in [1.29, 1.82) is 0 Å². The number of hydrogen-bond donors (Lipinski definition) is 2. The Balaban J connectivity index is 1.91. The van der Waals surface area contributed by atoms with E-state index in [2.05, 4.69) is 5.32 Å². The molecule has 192 valence electrons. The van der Waals surface area contributed by atoms with Gasteiger partial charge in [0.05, 0.1) is 12.3 Å². The van der Waals surface area contributed by atoms with E-state index in [1.807, 2.05) is 0 Å². The number of alkyl halides is 2. The van der Waals surface area contributed by atoms with Crippen LogP contribution >= 0.6 is 23.2 Å². The van der Waals surface area contributed by atoms with Crippen LogP contribution in [0.5, 0.6) is 0 Å². The number of ketones is 2. The molecule has 0 spiro atoms. The number of nitrogens with one attached hydrogen (secondary N) is 1. The van der Waals surface area contributed by atoms with Crippen LogP contribution in [0.25, 0.3) is 0 Å². The van der Waals surface area contributed by atoms with Gasteiger partial charge in [-0.1, -0.05) is 53.5 Å². The lowest BCUT2D eigenvalue weighted by Crippen LogP contribution is -2.26. The molecule has 0 radical (unpaired) electrons. The minimum Gasteiger partial charge on any atom is -0.481 e. The second-order valence-corrected chi connectivity index (χ2v) is 9.02. The van der Waals surface area contributed by atoms with Gasteiger partial charge < -0.3 is 10.4 Å². The van der Waals surface area contributed by atoms with Gasteiger partial charge in [0.15, 0.2) is 11.6 Å². The van der Waals surface area contributed by atoms with Crippen molar-refractivity contribution in [2.75, 3.05) is 6.54 Å². The summed E-state index contributed by atoms with van der Waals surface area (Å²) in [4.78, 5) is 49.5. The van der Waals surface area contributed by atoms with Gasteiger partial charge in [0, 0.05) is 45.3 Å². The summed E-state index contributed by atoms with van der Waals surface area (Å²) in [5, 5.41) is 11.6. The van der Waals surface area contributed by atoms with Crippen LogP contribution in [0.3, 0.4) is 0 Å². The Bertz CT molecular complexity index is 1310. The number of amides is 1. The molecule has 3 aromatic carbocycles. The SMILES string of the molecule is O=C(O)CCNC(=O)c1ccc(C(CC(=O)c2cccc(C(F)F)c2)C(=O)c2cc(Cl)cc(Cl)c2)cc1. The maximum Gasteiger partial charge on any atom is 0.305 e. The maximum atomic E-state index is 13.5. The first-order valence-electron chi connectivity index (χ1n) is 11.1. The summed E-state index contributed by atoms with van der Waals surface area (Å²) < 4.78 is 26.3. The average Bonchev–Trinajstić information content (AvgIpc) is 2.86. The lowest BCUT2D eigenvalue weighted by atomic mass is 9.85. The highest BCUT2D eigenvalue weighted by Gasteiger charge is 2.27. The van der Waals surface area contributed by atoms with Crippen LogP contribution in [0.4, 0.5) is 8.78 Å². The molecular formula is C27H21Cl2F2NO5. The Morgan fingerprint density at radius 1 is 0.811 bits per heavy atom. The van der Waals surface area contributed by atoms with E-state index in [9.17, 15) is 28.0 Å². The van der Waals surface area contributed by atoms with E-state index < -0.39 is 35.8 Å². The van der Waals surface area contributed by atoms with E-state index in [4.69, 9.17) is 28.3 Å². The molecule has 2 N–H and O–H groups in total. The molecule has 0 bridgehead atoms. The van der Waals surface area contributed by atoms with E-state index >= 15 is 0 Å². The molecule has 0 fully saturated rings. The number of hydrogen-bond acceptors (Lipinski definition) is 4. The molecule has 0 aromatic heterocycles. The van der Waals surface area contributed by atoms with E-state index in [0.717, 1.165) is 6.07 Å². The highest BCUT2D eigenvalue weighted by Crippen LogP contribution is 2.30. The zero-order chi connectivity index (χ0) is 27.1. The predicted octanol–water partition coefficient (Wildman–Crippen LogP) is 6.38. The highest BCUT2D eigenvalue weighted by molar-refractivity contribution is 6.35. The molecule has 37 heavy (non-hydrogen) atoms. The van der Waals surface area contributed by atoms with Crippen molar-refractivity contribution in [3.05, 3.63) is 105 Å². The molecule has 1 atom stereocenters. The smallest absolute Gasteiger partial charge is 0.305 e. The third-order valence-corrected chi connectivity index (χ3v) is 5.95. The Morgan fingerprint density at radius 2 is 1.46 bits per heavy atom. The normalized spacial score (nSPS) is 11.7. The fourth-order valence-electron chi connectivity index (χ4n) is 3.66. The topological polar surface area (TPSA) is 101 Å². The van der Waals surface area contributed by atoms with Crippen molar-refractivity contribution >= 4 is 46.6 Å². The Labute approximate surface area is 221 Å². The van der Waals surface area contributed by atoms with Gasteiger partial charge in [-0.3, -0.25) is 19.2 Å². The van der Waals surface area contributed by atoms with Gasteiger partial charge in [-0.2, -0.15) is 0 Å². The molecule has 0 aliphatic carbocycles.